The van der Waals surface area contributed by atoms with Gasteiger partial charge in [0.15, 0.2) is 0 Å². The first-order valence-corrected chi connectivity index (χ1v) is 9.70. The monoisotopic (exact) mass is 372 g/mol. The first-order valence-electron chi connectivity index (χ1n) is 8.26. The maximum absolute atomic E-state index is 13.0. The molecule has 1 aromatic heterocycles. The van der Waals surface area contributed by atoms with E-state index in [2.05, 4.69) is 9.97 Å². The van der Waals surface area contributed by atoms with E-state index in [4.69, 9.17) is 0 Å². The molecule has 6 nitrogen and oxygen atoms in total. The Kier molecular flexibility index (Phi) is 4.29. The quantitative estimate of drug-likeness (QED) is 0.706. The fraction of sp³-hybridized carbons (Fsp3) is 0.222. The SMILES string of the molecule is O=S(=O)(c1ccc(F)cc1)N1CCN(c2cnc3ccccc3n2)CC1. The minimum atomic E-state index is -3.62. The summed E-state index contributed by atoms with van der Waals surface area (Å²) in [4.78, 5) is 11.1. The number of piperazine rings is 1. The van der Waals surface area contributed by atoms with Crippen LogP contribution in [0.4, 0.5) is 10.2 Å². The van der Waals surface area contributed by atoms with Gasteiger partial charge >= 0.3 is 0 Å². The number of nitrogens with zero attached hydrogens (tertiary/aromatic N) is 4. The second kappa shape index (κ2) is 6.62. The van der Waals surface area contributed by atoms with Gasteiger partial charge in [-0.3, -0.25) is 4.98 Å². The molecule has 0 atom stereocenters. The highest BCUT2D eigenvalue weighted by Gasteiger charge is 2.29. The highest BCUT2D eigenvalue weighted by atomic mass is 32.2. The predicted molar refractivity (Wildman–Crippen MR) is 96.9 cm³/mol. The highest BCUT2D eigenvalue weighted by molar-refractivity contribution is 7.89. The number of anilines is 1. The molecule has 0 amide bonds. The van der Waals surface area contributed by atoms with E-state index in [0.29, 0.717) is 26.2 Å². The molecule has 0 unspecified atom stereocenters. The average Bonchev–Trinajstić information content (AvgIpc) is 2.68. The molecule has 0 spiro atoms. The summed E-state index contributed by atoms with van der Waals surface area (Å²) in [5.74, 6) is 0.283. The lowest BCUT2D eigenvalue weighted by Gasteiger charge is -2.34. The van der Waals surface area contributed by atoms with Gasteiger partial charge in [0, 0.05) is 26.2 Å². The summed E-state index contributed by atoms with van der Waals surface area (Å²) in [7, 11) is -3.62. The Hall–Kier alpha value is -2.58. The minimum Gasteiger partial charge on any atom is -0.353 e. The molecule has 26 heavy (non-hydrogen) atoms. The van der Waals surface area contributed by atoms with Crippen molar-refractivity contribution in [2.75, 3.05) is 31.1 Å². The molecular formula is C18H17FN4O2S. The van der Waals surface area contributed by atoms with Gasteiger partial charge in [-0.2, -0.15) is 4.31 Å². The third-order valence-electron chi connectivity index (χ3n) is 4.45. The molecule has 134 valence electrons. The van der Waals surface area contributed by atoms with Crippen molar-refractivity contribution in [3.63, 3.8) is 0 Å². The van der Waals surface area contributed by atoms with E-state index in [1.54, 1.807) is 6.20 Å². The van der Waals surface area contributed by atoms with Crippen LogP contribution in [0.2, 0.25) is 0 Å². The number of hydrogen-bond acceptors (Lipinski definition) is 5. The molecule has 0 bridgehead atoms. The number of halogens is 1. The van der Waals surface area contributed by atoms with Crippen molar-refractivity contribution in [2.45, 2.75) is 4.90 Å². The number of benzene rings is 2. The molecule has 2 heterocycles. The molecule has 8 heteroatoms. The van der Waals surface area contributed by atoms with Crippen LogP contribution in [0, 0.1) is 5.82 Å². The summed E-state index contributed by atoms with van der Waals surface area (Å²) in [6.07, 6.45) is 1.71. The summed E-state index contributed by atoms with van der Waals surface area (Å²) in [5, 5.41) is 0. The van der Waals surface area contributed by atoms with E-state index in [1.807, 2.05) is 29.2 Å². The number of para-hydroxylation sites is 2. The van der Waals surface area contributed by atoms with Gasteiger partial charge in [0.1, 0.15) is 11.6 Å². The Labute approximate surface area is 151 Å². The normalized spacial score (nSPS) is 16.1. The first kappa shape index (κ1) is 16.9. The second-order valence-electron chi connectivity index (χ2n) is 6.06. The minimum absolute atomic E-state index is 0.109. The smallest absolute Gasteiger partial charge is 0.243 e. The fourth-order valence-corrected chi connectivity index (χ4v) is 4.44. The first-order chi connectivity index (χ1) is 12.5. The number of aromatic nitrogens is 2. The van der Waals surface area contributed by atoms with Crippen molar-refractivity contribution < 1.29 is 12.8 Å². The lowest BCUT2D eigenvalue weighted by atomic mass is 10.3. The fourth-order valence-electron chi connectivity index (χ4n) is 3.01. The summed E-state index contributed by atoms with van der Waals surface area (Å²) >= 11 is 0. The van der Waals surface area contributed by atoms with Crippen LogP contribution in [0.5, 0.6) is 0 Å². The van der Waals surface area contributed by atoms with Crippen molar-refractivity contribution in [1.82, 2.24) is 14.3 Å². The van der Waals surface area contributed by atoms with E-state index in [0.717, 1.165) is 29.0 Å². The van der Waals surface area contributed by atoms with Crippen molar-refractivity contribution in [3.05, 3.63) is 60.5 Å². The Morgan fingerprint density at radius 2 is 1.54 bits per heavy atom. The van der Waals surface area contributed by atoms with Crippen LogP contribution in [0.25, 0.3) is 11.0 Å². The van der Waals surface area contributed by atoms with Gasteiger partial charge in [-0.25, -0.2) is 17.8 Å². The second-order valence-corrected chi connectivity index (χ2v) is 8.00. The van der Waals surface area contributed by atoms with Crippen molar-refractivity contribution in [1.29, 1.82) is 0 Å². The van der Waals surface area contributed by atoms with Crippen LogP contribution in [0.3, 0.4) is 0 Å². The van der Waals surface area contributed by atoms with E-state index in [1.165, 1.54) is 16.4 Å². The maximum Gasteiger partial charge on any atom is 0.243 e. The van der Waals surface area contributed by atoms with E-state index in [9.17, 15) is 12.8 Å². The van der Waals surface area contributed by atoms with Gasteiger partial charge in [-0.15, -0.1) is 0 Å². The standard InChI is InChI=1S/C18H17FN4O2S/c19-14-5-7-15(8-6-14)26(24,25)23-11-9-22(10-12-23)18-13-20-16-3-1-2-4-17(16)21-18/h1-8,13H,9-12H2. The summed E-state index contributed by atoms with van der Waals surface area (Å²) in [5.41, 5.74) is 1.64. The van der Waals surface area contributed by atoms with Gasteiger partial charge < -0.3 is 4.90 Å². The molecule has 4 rings (SSSR count). The molecular weight excluding hydrogens is 355 g/mol. The van der Waals surface area contributed by atoms with Gasteiger partial charge in [0.05, 0.1) is 22.1 Å². The van der Waals surface area contributed by atoms with Crippen LogP contribution in [0.15, 0.2) is 59.6 Å². The number of rotatable bonds is 3. The Morgan fingerprint density at radius 3 is 2.23 bits per heavy atom. The Balaban J connectivity index is 1.50. The zero-order valence-electron chi connectivity index (χ0n) is 13.9. The molecule has 1 aliphatic heterocycles. The van der Waals surface area contributed by atoms with Gasteiger partial charge in [0.2, 0.25) is 10.0 Å². The van der Waals surface area contributed by atoms with Crippen molar-refractivity contribution in [3.8, 4) is 0 Å². The lowest BCUT2D eigenvalue weighted by molar-refractivity contribution is 0.384. The molecule has 3 aromatic rings. The molecule has 0 radical (unpaired) electrons. The summed E-state index contributed by atoms with van der Waals surface area (Å²) < 4.78 is 39.8. The zero-order chi connectivity index (χ0) is 18.1. The molecule has 2 aromatic carbocycles. The lowest BCUT2D eigenvalue weighted by Crippen LogP contribution is -2.48. The molecule has 0 saturated carbocycles. The topological polar surface area (TPSA) is 66.4 Å². The Bertz CT molecular complexity index is 1030. The van der Waals surface area contributed by atoms with Crippen LogP contribution >= 0.6 is 0 Å². The Morgan fingerprint density at radius 1 is 0.885 bits per heavy atom. The predicted octanol–water partition coefficient (Wildman–Crippen LogP) is 2.28. The molecule has 1 fully saturated rings. The van der Waals surface area contributed by atoms with Crippen LogP contribution < -0.4 is 4.90 Å². The number of fused-ring (bicyclic) bond motifs is 1. The van der Waals surface area contributed by atoms with Crippen LogP contribution in [-0.4, -0.2) is 48.9 Å². The molecule has 0 N–H and O–H groups in total. The number of hydrogen-bond donors (Lipinski definition) is 0. The molecule has 0 aliphatic carbocycles. The van der Waals surface area contributed by atoms with Crippen molar-refractivity contribution >= 4 is 26.9 Å². The maximum atomic E-state index is 13.0. The van der Waals surface area contributed by atoms with Gasteiger partial charge in [0.25, 0.3) is 0 Å². The van der Waals surface area contributed by atoms with Gasteiger partial charge in [-0.1, -0.05) is 12.1 Å². The third kappa shape index (κ3) is 3.13. The molecule has 1 aliphatic rings. The molecule has 1 saturated heterocycles. The van der Waals surface area contributed by atoms with Crippen LogP contribution in [-0.2, 0) is 10.0 Å². The highest BCUT2D eigenvalue weighted by Crippen LogP contribution is 2.21. The van der Waals surface area contributed by atoms with Gasteiger partial charge in [-0.05, 0) is 36.4 Å². The van der Waals surface area contributed by atoms with E-state index < -0.39 is 15.8 Å². The number of sulfonamides is 1. The zero-order valence-corrected chi connectivity index (χ0v) is 14.7. The third-order valence-corrected chi connectivity index (χ3v) is 6.36. The van der Waals surface area contributed by atoms with E-state index >= 15 is 0 Å². The largest absolute Gasteiger partial charge is 0.353 e. The van der Waals surface area contributed by atoms with Crippen molar-refractivity contribution in [2.24, 2.45) is 0 Å². The summed E-state index contributed by atoms with van der Waals surface area (Å²) in [6.45, 7) is 1.73. The average molecular weight is 372 g/mol. The van der Waals surface area contributed by atoms with Crippen LogP contribution in [0.1, 0.15) is 0 Å². The summed E-state index contributed by atoms with van der Waals surface area (Å²) in [6, 6.07) is 12.5. The van der Waals surface area contributed by atoms with E-state index in [-0.39, 0.29) is 4.90 Å².